The van der Waals surface area contributed by atoms with E-state index in [-0.39, 0.29) is 12.8 Å². The first-order chi connectivity index (χ1) is 8.40. The van der Waals surface area contributed by atoms with Crippen molar-refractivity contribution < 1.29 is 19.5 Å². The molecule has 0 fully saturated rings. The molecule has 6 nitrogen and oxygen atoms in total. The molecule has 18 heavy (non-hydrogen) atoms. The molecule has 1 atom stereocenters. The fourth-order valence-corrected chi connectivity index (χ4v) is 2.10. The molecule has 0 spiro atoms. The maximum absolute atomic E-state index is 11.7. The van der Waals surface area contributed by atoms with E-state index in [9.17, 15) is 14.4 Å². The lowest BCUT2D eigenvalue weighted by molar-refractivity contribution is -0.139. The van der Waals surface area contributed by atoms with Gasteiger partial charge in [-0.25, -0.2) is 4.79 Å². The molecule has 0 bridgehead atoms. The maximum Gasteiger partial charge on any atom is 0.326 e. The molecule has 4 N–H and O–H groups in total. The molecule has 1 heterocycles. The van der Waals surface area contributed by atoms with Gasteiger partial charge in [0.15, 0.2) is 0 Å². The topological polar surface area (TPSA) is 109 Å². The third-order valence-electron chi connectivity index (χ3n) is 2.25. The van der Waals surface area contributed by atoms with Gasteiger partial charge in [0.2, 0.25) is 5.91 Å². The Morgan fingerprint density at radius 2 is 2.11 bits per heavy atom. The summed E-state index contributed by atoms with van der Waals surface area (Å²) >= 11 is 1.28. The van der Waals surface area contributed by atoms with Gasteiger partial charge >= 0.3 is 5.97 Å². The number of hydrogen-bond acceptors (Lipinski definition) is 4. The number of amides is 2. The monoisotopic (exact) mass is 270 g/mol. The average molecular weight is 270 g/mol. The van der Waals surface area contributed by atoms with E-state index in [0.29, 0.717) is 4.88 Å². The average Bonchev–Trinajstić information content (AvgIpc) is 2.70. The molecular weight excluding hydrogens is 256 g/mol. The fourth-order valence-electron chi connectivity index (χ4n) is 1.33. The molecule has 7 heteroatoms. The summed E-state index contributed by atoms with van der Waals surface area (Å²) in [6.45, 7) is 1.85. The van der Waals surface area contributed by atoms with Gasteiger partial charge in [-0.3, -0.25) is 9.59 Å². The number of carbonyl (C=O) groups is 3. The van der Waals surface area contributed by atoms with Crippen molar-refractivity contribution in [1.29, 1.82) is 0 Å². The quantitative estimate of drug-likeness (QED) is 0.699. The first kappa shape index (κ1) is 14.2. The predicted octanol–water partition coefficient (Wildman–Crippen LogP) is 0.505. The lowest BCUT2D eigenvalue weighted by Crippen LogP contribution is -2.41. The van der Waals surface area contributed by atoms with Crippen molar-refractivity contribution in [2.24, 2.45) is 5.73 Å². The van der Waals surface area contributed by atoms with E-state index in [4.69, 9.17) is 10.8 Å². The second-order valence-electron chi connectivity index (χ2n) is 3.78. The van der Waals surface area contributed by atoms with Gasteiger partial charge in [-0.05, 0) is 25.5 Å². The molecule has 0 aliphatic carbocycles. The van der Waals surface area contributed by atoms with Crippen LogP contribution >= 0.6 is 11.3 Å². The maximum atomic E-state index is 11.7. The largest absolute Gasteiger partial charge is 0.480 e. The second-order valence-corrected chi connectivity index (χ2v) is 5.07. The van der Waals surface area contributed by atoms with Crippen LogP contribution in [-0.2, 0) is 9.59 Å². The van der Waals surface area contributed by atoms with Crippen LogP contribution in [0.25, 0.3) is 0 Å². The number of carboxylic acids is 1. The zero-order chi connectivity index (χ0) is 13.7. The summed E-state index contributed by atoms with van der Waals surface area (Å²) in [4.78, 5) is 34.7. The van der Waals surface area contributed by atoms with Gasteiger partial charge in [-0.1, -0.05) is 0 Å². The van der Waals surface area contributed by atoms with Gasteiger partial charge in [0, 0.05) is 11.3 Å². The summed E-state index contributed by atoms with van der Waals surface area (Å²) in [5.41, 5.74) is 4.94. The Hall–Kier alpha value is -1.89. The number of primary amides is 1. The molecule has 1 rings (SSSR count). The predicted molar refractivity (Wildman–Crippen MR) is 66.4 cm³/mol. The molecule has 0 aromatic carbocycles. The highest BCUT2D eigenvalue weighted by Crippen LogP contribution is 2.15. The van der Waals surface area contributed by atoms with E-state index in [0.717, 1.165) is 4.88 Å². The van der Waals surface area contributed by atoms with Crippen LogP contribution in [0.1, 0.15) is 27.4 Å². The number of aryl methyl sites for hydroxylation is 1. The Labute approximate surface area is 108 Å². The second kappa shape index (κ2) is 6.15. The normalized spacial score (nSPS) is 11.8. The Morgan fingerprint density at radius 1 is 1.44 bits per heavy atom. The Bertz CT molecular complexity index is 469. The van der Waals surface area contributed by atoms with Crippen molar-refractivity contribution in [3.8, 4) is 0 Å². The van der Waals surface area contributed by atoms with Crippen molar-refractivity contribution in [2.45, 2.75) is 25.8 Å². The van der Waals surface area contributed by atoms with Gasteiger partial charge < -0.3 is 16.2 Å². The third kappa shape index (κ3) is 4.17. The third-order valence-corrected chi connectivity index (χ3v) is 3.25. The molecule has 0 aliphatic rings. The molecule has 0 unspecified atom stereocenters. The number of rotatable bonds is 6. The summed E-state index contributed by atoms with van der Waals surface area (Å²) < 4.78 is 0. The zero-order valence-electron chi connectivity index (χ0n) is 9.80. The molecular formula is C11H14N2O4S. The van der Waals surface area contributed by atoms with Crippen molar-refractivity contribution in [1.82, 2.24) is 5.32 Å². The van der Waals surface area contributed by atoms with Crippen molar-refractivity contribution >= 4 is 29.1 Å². The fraction of sp³-hybridized carbons (Fsp3) is 0.364. The molecule has 1 aromatic rings. The summed E-state index contributed by atoms with van der Waals surface area (Å²) in [6.07, 6.45) is -0.0958. The van der Waals surface area contributed by atoms with E-state index >= 15 is 0 Å². The highest BCUT2D eigenvalue weighted by molar-refractivity contribution is 7.13. The molecule has 2 amide bonds. The number of nitrogens with two attached hydrogens (primary N) is 1. The molecule has 0 aliphatic heterocycles. The minimum absolute atomic E-state index is 0.0131. The molecule has 98 valence electrons. The number of aliphatic carboxylic acids is 1. The van der Waals surface area contributed by atoms with E-state index in [1.165, 1.54) is 11.3 Å². The first-order valence-corrected chi connectivity index (χ1v) is 6.10. The van der Waals surface area contributed by atoms with E-state index in [2.05, 4.69) is 5.32 Å². The minimum Gasteiger partial charge on any atom is -0.480 e. The van der Waals surface area contributed by atoms with Crippen LogP contribution in [0.3, 0.4) is 0 Å². The van der Waals surface area contributed by atoms with Gasteiger partial charge in [0.25, 0.3) is 5.91 Å². The summed E-state index contributed by atoms with van der Waals surface area (Å²) in [6, 6.07) is 2.30. The molecule has 1 aromatic heterocycles. The summed E-state index contributed by atoms with van der Waals surface area (Å²) in [5.74, 6) is -2.23. The highest BCUT2D eigenvalue weighted by atomic mass is 32.1. The van der Waals surface area contributed by atoms with E-state index in [1.807, 2.05) is 6.92 Å². The Kier molecular flexibility index (Phi) is 4.85. The Morgan fingerprint density at radius 3 is 2.56 bits per heavy atom. The summed E-state index contributed by atoms with van der Waals surface area (Å²) in [7, 11) is 0. The molecule has 0 saturated heterocycles. The van der Waals surface area contributed by atoms with Crippen LogP contribution in [0.5, 0.6) is 0 Å². The van der Waals surface area contributed by atoms with Crippen LogP contribution in [0, 0.1) is 6.92 Å². The van der Waals surface area contributed by atoms with Crippen molar-refractivity contribution in [3.63, 3.8) is 0 Å². The number of carboxylic acid groups (broad SMARTS) is 1. The standard InChI is InChI=1S/C11H14N2O4S/c1-6-2-4-8(18-6)10(15)13-7(11(16)17)3-5-9(12)14/h2,4,7H,3,5H2,1H3,(H2,12,14)(H,13,15)(H,16,17)/t7-/m0/s1. The van der Waals surface area contributed by atoms with E-state index < -0.39 is 23.8 Å². The van der Waals surface area contributed by atoms with Crippen LogP contribution in [-0.4, -0.2) is 28.9 Å². The first-order valence-electron chi connectivity index (χ1n) is 5.28. The van der Waals surface area contributed by atoms with Gasteiger partial charge in [0.05, 0.1) is 4.88 Å². The summed E-state index contributed by atoms with van der Waals surface area (Å²) in [5, 5.41) is 11.3. The lowest BCUT2D eigenvalue weighted by atomic mass is 10.1. The van der Waals surface area contributed by atoms with E-state index in [1.54, 1.807) is 12.1 Å². The smallest absolute Gasteiger partial charge is 0.326 e. The van der Waals surface area contributed by atoms with Crippen LogP contribution in [0.4, 0.5) is 0 Å². The van der Waals surface area contributed by atoms with Crippen molar-refractivity contribution in [3.05, 3.63) is 21.9 Å². The van der Waals surface area contributed by atoms with Crippen LogP contribution < -0.4 is 11.1 Å². The van der Waals surface area contributed by atoms with Gasteiger partial charge in [-0.2, -0.15) is 0 Å². The SMILES string of the molecule is Cc1ccc(C(=O)N[C@@H](CCC(N)=O)C(=O)O)s1. The van der Waals surface area contributed by atoms with Gasteiger partial charge in [-0.15, -0.1) is 11.3 Å². The number of nitrogens with one attached hydrogen (secondary N) is 1. The van der Waals surface area contributed by atoms with Gasteiger partial charge in [0.1, 0.15) is 6.04 Å². The molecule has 0 saturated carbocycles. The Balaban J connectivity index is 2.63. The number of thiophene rings is 1. The van der Waals surface area contributed by atoms with Crippen molar-refractivity contribution in [2.75, 3.05) is 0 Å². The highest BCUT2D eigenvalue weighted by Gasteiger charge is 2.21. The minimum atomic E-state index is -1.18. The number of carbonyl (C=O) groups excluding carboxylic acids is 2. The van der Waals surface area contributed by atoms with Crippen LogP contribution in [0.15, 0.2) is 12.1 Å². The number of hydrogen-bond donors (Lipinski definition) is 3. The zero-order valence-corrected chi connectivity index (χ0v) is 10.6. The van der Waals surface area contributed by atoms with Crippen LogP contribution in [0.2, 0.25) is 0 Å². The molecule has 0 radical (unpaired) electrons. The lowest BCUT2D eigenvalue weighted by Gasteiger charge is -2.12.